The summed E-state index contributed by atoms with van der Waals surface area (Å²) in [5.41, 5.74) is 10.6. The third-order valence-electron chi connectivity index (χ3n) is 10.6. The van der Waals surface area contributed by atoms with Gasteiger partial charge in [-0.1, -0.05) is 176 Å². The molecule has 0 spiro atoms. The number of anilines is 3. The predicted molar refractivity (Wildman–Crippen MR) is 227 cm³/mol. The van der Waals surface area contributed by atoms with Crippen LogP contribution in [0.1, 0.15) is 0 Å². The second kappa shape index (κ2) is 13.0. The van der Waals surface area contributed by atoms with Crippen molar-refractivity contribution in [1.29, 1.82) is 0 Å². The molecule has 0 aliphatic rings. The van der Waals surface area contributed by atoms with Gasteiger partial charge in [0.05, 0.1) is 0 Å². The standard InChI is InChI=1S/C52H35N/c1-3-14-36(15-4-1)40-19-13-20-42(34-40)53(43-31-33-50-48-24-10-9-22-46(48)47-23-11-12-25-49(47)51(50)35-43)41-29-26-39(27-30-41)52-44-21-8-7-18-38(44)28-32-45(52)37-16-5-2-6-17-37/h1-35H. The van der Waals surface area contributed by atoms with Crippen LogP contribution in [0.5, 0.6) is 0 Å². The van der Waals surface area contributed by atoms with Gasteiger partial charge in [0.2, 0.25) is 0 Å². The highest BCUT2D eigenvalue weighted by atomic mass is 15.1. The Morgan fingerprint density at radius 2 is 0.755 bits per heavy atom. The number of rotatable bonds is 6. The third kappa shape index (κ3) is 5.42. The Morgan fingerprint density at radius 1 is 0.245 bits per heavy atom. The molecule has 0 aromatic heterocycles. The molecule has 1 nitrogen and oxygen atoms in total. The van der Waals surface area contributed by atoms with Crippen LogP contribution in [0.3, 0.4) is 0 Å². The number of nitrogens with zero attached hydrogens (tertiary/aromatic N) is 1. The molecule has 0 unspecified atom stereocenters. The van der Waals surface area contributed by atoms with Crippen LogP contribution in [-0.4, -0.2) is 0 Å². The monoisotopic (exact) mass is 673 g/mol. The van der Waals surface area contributed by atoms with Crippen molar-refractivity contribution in [3.63, 3.8) is 0 Å². The molecule has 0 N–H and O–H groups in total. The molecular formula is C52H35N. The van der Waals surface area contributed by atoms with Crippen LogP contribution in [0.4, 0.5) is 17.1 Å². The Kier molecular flexibility index (Phi) is 7.55. The highest BCUT2D eigenvalue weighted by molar-refractivity contribution is 6.25. The topological polar surface area (TPSA) is 3.24 Å². The van der Waals surface area contributed by atoms with Gasteiger partial charge in [-0.05, 0) is 113 Å². The zero-order chi connectivity index (χ0) is 35.1. The van der Waals surface area contributed by atoms with Gasteiger partial charge in [0.1, 0.15) is 0 Å². The van der Waals surface area contributed by atoms with Crippen LogP contribution in [0.15, 0.2) is 212 Å². The zero-order valence-corrected chi connectivity index (χ0v) is 29.2. The van der Waals surface area contributed by atoms with E-state index in [9.17, 15) is 0 Å². The number of fused-ring (bicyclic) bond motifs is 7. The van der Waals surface area contributed by atoms with Crippen molar-refractivity contribution in [3.8, 4) is 33.4 Å². The summed E-state index contributed by atoms with van der Waals surface area (Å²) in [5.74, 6) is 0. The van der Waals surface area contributed by atoms with Gasteiger partial charge < -0.3 is 4.90 Å². The number of hydrogen-bond acceptors (Lipinski definition) is 1. The molecule has 0 saturated heterocycles. The molecule has 0 fully saturated rings. The van der Waals surface area contributed by atoms with E-state index in [4.69, 9.17) is 0 Å². The molecule has 248 valence electrons. The molecule has 10 rings (SSSR count). The predicted octanol–water partition coefficient (Wildman–Crippen LogP) is 14.8. The van der Waals surface area contributed by atoms with Gasteiger partial charge in [-0.25, -0.2) is 0 Å². The smallest absolute Gasteiger partial charge is 0.0468 e. The lowest BCUT2D eigenvalue weighted by atomic mass is 9.89. The van der Waals surface area contributed by atoms with E-state index in [1.54, 1.807) is 0 Å². The Labute approximate surface area is 309 Å². The van der Waals surface area contributed by atoms with Gasteiger partial charge in [0.25, 0.3) is 0 Å². The number of hydrogen-bond donors (Lipinski definition) is 0. The first-order chi connectivity index (χ1) is 26.3. The lowest BCUT2D eigenvalue weighted by Gasteiger charge is -2.27. The molecule has 0 saturated carbocycles. The molecule has 0 bridgehead atoms. The first-order valence-corrected chi connectivity index (χ1v) is 18.3. The van der Waals surface area contributed by atoms with Gasteiger partial charge in [-0.2, -0.15) is 0 Å². The van der Waals surface area contributed by atoms with E-state index in [0.29, 0.717) is 0 Å². The van der Waals surface area contributed by atoms with E-state index in [-0.39, 0.29) is 0 Å². The second-order valence-electron chi connectivity index (χ2n) is 13.7. The maximum Gasteiger partial charge on any atom is 0.0468 e. The molecule has 10 aromatic carbocycles. The summed E-state index contributed by atoms with van der Waals surface area (Å²) >= 11 is 0. The molecule has 0 radical (unpaired) electrons. The molecule has 0 heterocycles. The highest BCUT2D eigenvalue weighted by Gasteiger charge is 2.18. The molecule has 0 amide bonds. The normalized spacial score (nSPS) is 11.4. The van der Waals surface area contributed by atoms with Crippen molar-refractivity contribution in [2.24, 2.45) is 0 Å². The van der Waals surface area contributed by atoms with E-state index >= 15 is 0 Å². The second-order valence-corrected chi connectivity index (χ2v) is 13.7. The van der Waals surface area contributed by atoms with Crippen LogP contribution < -0.4 is 4.90 Å². The third-order valence-corrected chi connectivity index (χ3v) is 10.6. The van der Waals surface area contributed by atoms with Crippen LogP contribution >= 0.6 is 0 Å². The van der Waals surface area contributed by atoms with Gasteiger partial charge in [0.15, 0.2) is 0 Å². The van der Waals surface area contributed by atoms with Crippen molar-refractivity contribution in [2.45, 2.75) is 0 Å². The molecule has 0 aliphatic carbocycles. The Morgan fingerprint density at radius 3 is 1.43 bits per heavy atom. The maximum absolute atomic E-state index is 2.40. The fourth-order valence-electron chi connectivity index (χ4n) is 8.16. The first-order valence-electron chi connectivity index (χ1n) is 18.3. The average Bonchev–Trinajstić information content (AvgIpc) is 3.24. The lowest BCUT2D eigenvalue weighted by molar-refractivity contribution is 1.29. The van der Waals surface area contributed by atoms with E-state index in [0.717, 1.165) is 17.1 Å². The largest absolute Gasteiger partial charge is 0.310 e. The van der Waals surface area contributed by atoms with Crippen LogP contribution in [0.2, 0.25) is 0 Å². The van der Waals surface area contributed by atoms with E-state index in [1.807, 2.05) is 0 Å². The van der Waals surface area contributed by atoms with Crippen molar-refractivity contribution in [1.82, 2.24) is 0 Å². The molecule has 53 heavy (non-hydrogen) atoms. The SMILES string of the molecule is c1ccc(-c2cccc(N(c3ccc(-c4c(-c5ccccc5)ccc5ccccc45)cc3)c3ccc4c5ccccc5c5ccccc5c4c3)c2)cc1. The minimum Gasteiger partial charge on any atom is -0.310 e. The summed E-state index contributed by atoms with van der Waals surface area (Å²) in [7, 11) is 0. The molecule has 1 heteroatoms. The highest BCUT2D eigenvalue weighted by Crippen LogP contribution is 2.43. The summed E-state index contributed by atoms with van der Waals surface area (Å²) < 4.78 is 0. The van der Waals surface area contributed by atoms with Crippen LogP contribution in [-0.2, 0) is 0 Å². The van der Waals surface area contributed by atoms with Crippen molar-refractivity contribution in [2.75, 3.05) is 4.90 Å². The molecule has 0 atom stereocenters. The maximum atomic E-state index is 2.40. The minimum atomic E-state index is 1.10. The van der Waals surface area contributed by atoms with Gasteiger partial charge in [0, 0.05) is 17.1 Å². The van der Waals surface area contributed by atoms with Gasteiger partial charge >= 0.3 is 0 Å². The lowest BCUT2D eigenvalue weighted by Crippen LogP contribution is -2.10. The van der Waals surface area contributed by atoms with Crippen molar-refractivity contribution in [3.05, 3.63) is 212 Å². The quantitative estimate of drug-likeness (QED) is 0.159. The Bertz CT molecular complexity index is 2890. The van der Waals surface area contributed by atoms with Gasteiger partial charge in [-0.15, -0.1) is 0 Å². The first kappa shape index (κ1) is 30.8. The van der Waals surface area contributed by atoms with Crippen LogP contribution in [0, 0.1) is 0 Å². The molecular weight excluding hydrogens is 639 g/mol. The van der Waals surface area contributed by atoms with E-state index < -0.39 is 0 Å². The zero-order valence-electron chi connectivity index (χ0n) is 29.2. The Hall–Kier alpha value is -6.96. The Balaban J connectivity index is 1.18. The van der Waals surface area contributed by atoms with E-state index in [2.05, 4.69) is 217 Å². The minimum absolute atomic E-state index is 1.10. The molecule has 0 aliphatic heterocycles. The van der Waals surface area contributed by atoms with E-state index in [1.165, 1.54) is 76.5 Å². The summed E-state index contributed by atoms with van der Waals surface area (Å²) in [4.78, 5) is 2.40. The average molecular weight is 674 g/mol. The summed E-state index contributed by atoms with van der Waals surface area (Å²) in [6.07, 6.45) is 0. The van der Waals surface area contributed by atoms with Crippen molar-refractivity contribution < 1.29 is 0 Å². The molecule has 10 aromatic rings. The van der Waals surface area contributed by atoms with Gasteiger partial charge in [-0.3, -0.25) is 0 Å². The van der Waals surface area contributed by atoms with Crippen LogP contribution in [0.25, 0.3) is 76.5 Å². The summed E-state index contributed by atoms with van der Waals surface area (Å²) in [6.45, 7) is 0. The summed E-state index contributed by atoms with van der Waals surface area (Å²) in [5, 5.41) is 10.1. The van der Waals surface area contributed by atoms with Crippen molar-refractivity contribution >= 4 is 60.2 Å². The number of benzene rings is 10. The summed E-state index contributed by atoms with van der Waals surface area (Å²) in [6, 6.07) is 77.2. The fourth-order valence-corrected chi connectivity index (χ4v) is 8.16. The fraction of sp³-hybridized carbons (Fsp3) is 0.